The van der Waals surface area contributed by atoms with Gasteiger partial charge in [-0.15, -0.1) is 0 Å². The van der Waals surface area contributed by atoms with E-state index >= 15 is 0 Å². The van der Waals surface area contributed by atoms with Crippen LogP contribution < -0.4 is 5.32 Å². The highest BCUT2D eigenvalue weighted by Crippen LogP contribution is 2.30. The van der Waals surface area contributed by atoms with Crippen molar-refractivity contribution in [2.75, 3.05) is 38.5 Å². The lowest BCUT2D eigenvalue weighted by atomic mass is 10.3. The fourth-order valence-corrected chi connectivity index (χ4v) is 4.77. The van der Waals surface area contributed by atoms with E-state index in [9.17, 15) is 8.42 Å². The van der Waals surface area contributed by atoms with Gasteiger partial charge in [-0.3, -0.25) is 4.90 Å². The number of pyridine rings is 1. The number of hydrogen-bond donors (Lipinski definition) is 1. The molecule has 0 radical (unpaired) electrons. The highest BCUT2D eigenvalue weighted by atomic mass is 79.9. The van der Waals surface area contributed by atoms with E-state index in [1.165, 1.54) is 12.8 Å². The zero-order valence-corrected chi connectivity index (χ0v) is 14.3. The van der Waals surface area contributed by atoms with Gasteiger partial charge >= 0.3 is 0 Å². The van der Waals surface area contributed by atoms with E-state index < -0.39 is 10.0 Å². The van der Waals surface area contributed by atoms with Crippen LogP contribution in [0.5, 0.6) is 0 Å². The molecule has 0 unspecified atom stereocenters. The molecule has 3 rings (SSSR count). The molecule has 0 bridgehead atoms. The first-order valence-corrected chi connectivity index (χ1v) is 9.33. The van der Waals surface area contributed by atoms with Crippen molar-refractivity contribution in [1.82, 2.24) is 14.2 Å². The summed E-state index contributed by atoms with van der Waals surface area (Å²) >= 11 is 3.30. The van der Waals surface area contributed by atoms with Gasteiger partial charge < -0.3 is 5.32 Å². The van der Waals surface area contributed by atoms with Crippen LogP contribution in [0.3, 0.4) is 0 Å². The van der Waals surface area contributed by atoms with Crippen LogP contribution in [0.4, 0.5) is 5.82 Å². The van der Waals surface area contributed by atoms with Crippen molar-refractivity contribution in [2.45, 2.75) is 23.8 Å². The summed E-state index contributed by atoms with van der Waals surface area (Å²) in [6.45, 7) is 2.74. The molecule has 0 atom stereocenters. The van der Waals surface area contributed by atoms with Gasteiger partial charge in [0, 0.05) is 49.9 Å². The Morgan fingerprint density at radius 1 is 1.29 bits per heavy atom. The average molecular weight is 375 g/mol. The fourth-order valence-electron chi connectivity index (χ4n) is 2.69. The number of halogens is 1. The second-order valence-corrected chi connectivity index (χ2v) is 8.24. The first kappa shape index (κ1) is 15.2. The minimum Gasteiger partial charge on any atom is -0.372 e. The standard InChI is InChI=1S/C13H19BrN4O2S/c1-15-13-12(8-10(14)9-16-13)21(19,20)18-6-4-17(5-7-18)11-2-3-11/h8-9,11H,2-7H2,1H3,(H,15,16). The van der Waals surface area contributed by atoms with Crippen LogP contribution in [0.25, 0.3) is 0 Å². The molecule has 2 fully saturated rings. The Kier molecular flexibility index (Phi) is 4.22. The Balaban J connectivity index is 1.82. The van der Waals surface area contributed by atoms with Gasteiger partial charge in [-0.1, -0.05) is 0 Å². The molecule has 0 spiro atoms. The zero-order valence-electron chi connectivity index (χ0n) is 11.9. The highest BCUT2D eigenvalue weighted by molar-refractivity contribution is 9.10. The Bertz CT molecular complexity index is 625. The van der Waals surface area contributed by atoms with Gasteiger partial charge in [-0.05, 0) is 34.8 Å². The maximum absolute atomic E-state index is 12.8. The van der Waals surface area contributed by atoms with E-state index in [2.05, 4.69) is 31.1 Å². The molecule has 1 N–H and O–H groups in total. The molecule has 1 aromatic heterocycles. The van der Waals surface area contributed by atoms with Crippen LogP contribution >= 0.6 is 15.9 Å². The SMILES string of the molecule is CNc1ncc(Br)cc1S(=O)(=O)N1CCN(C2CC2)CC1. The fraction of sp³-hybridized carbons (Fsp3) is 0.615. The predicted octanol–water partition coefficient (Wildman–Crippen LogP) is 1.35. The van der Waals surface area contributed by atoms with Crippen LogP contribution in [-0.2, 0) is 10.0 Å². The maximum Gasteiger partial charge on any atom is 0.246 e. The first-order valence-electron chi connectivity index (χ1n) is 7.10. The topological polar surface area (TPSA) is 65.5 Å². The van der Waals surface area contributed by atoms with Gasteiger partial charge in [0.15, 0.2) is 0 Å². The molecule has 1 saturated heterocycles. The molecule has 8 heteroatoms. The van der Waals surface area contributed by atoms with E-state index in [0.717, 1.165) is 13.1 Å². The van der Waals surface area contributed by atoms with Crippen LogP contribution in [-0.4, -0.2) is 61.9 Å². The minimum atomic E-state index is -3.50. The van der Waals surface area contributed by atoms with Crippen molar-refractivity contribution < 1.29 is 8.42 Å². The monoisotopic (exact) mass is 374 g/mol. The molecule has 0 aromatic carbocycles. The van der Waals surface area contributed by atoms with E-state index in [1.54, 1.807) is 23.6 Å². The predicted molar refractivity (Wildman–Crippen MR) is 84.8 cm³/mol. The third kappa shape index (κ3) is 3.08. The van der Waals surface area contributed by atoms with Crippen LogP contribution in [0, 0.1) is 0 Å². The maximum atomic E-state index is 12.8. The first-order chi connectivity index (χ1) is 10.0. The van der Waals surface area contributed by atoms with Gasteiger partial charge in [0.25, 0.3) is 0 Å². The number of nitrogens with one attached hydrogen (secondary N) is 1. The number of nitrogens with zero attached hydrogens (tertiary/aromatic N) is 3. The number of aromatic nitrogens is 1. The number of piperazine rings is 1. The van der Waals surface area contributed by atoms with Gasteiger partial charge in [0.1, 0.15) is 10.7 Å². The van der Waals surface area contributed by atoms with E-state index in [0.29, 0.717) is 29.4 Å². The third-order valence-corrected chi connectivity index (χ3v) is 6.36. The molecule has 2 heterocycles. The lowest BCUT2D eigenvalue weighted by molar-refractivity contribution is 0.180. The van der Waals surface area contributed by atoms with Crippen LogP contribution in [0.1, 0.15) is 12.8 Å². The molecule has 0 amide bonds. The van der Waals surface area contributed by atoms with E-state index in [1.807, 2.05) is 0 Å². The number of rotatable bonds is 4. The summed E-state index contributed by atoms with van der Waals surface area (Å²) in [6, 6.07) is 2.30. The van der Waals surface area contributed by atoms with Crippen molar-refractivity contribution in [1.29, 1.82) is 0 Å². The zero-order chi connectivity index (χ0) is 15.0. The number of sulfonamides is 1. The second-order valence-electron chi connectivity index (χ2n) is 5.42. The summed E-state index contributed by atoms with van der Waals surface area (Å²) < 4.78 is 27.9. The van der Waals surface area contributed by atoms with Crippen LogP contribution in [0.15, 0.2) is 21.6 Å². The molecular formula is C13H19BrN4O2S. The third-order valence-electron chi connectivity index (χ3n) is 4.01. The van der Waals surface area contributed by atoms with Crippen molar-refractivity contribution in [3.05, 3.63) is 16.7 Å². The van der Waals surface area contributed by atoms with Crippen molar-refractivity contribution >= 4 is 31.8 Å². The lowest BCUT2D eigenvalue weighted by Crippen LogP contribution is -2.49. The highest BCUT2D eigenvalue weighted by Gasteiger charge is 2.35. The quantitative estimate of drug-likeness (QED) is 0.861. The Morgan fingerprint density at radius 3 is 2.52 bits per heavy atom. The largest absolute Gasteiger partial charge is 0.372 e. The van der Waals surface area contributed by atoms with Gasteiger partial charge in [0.05, 0.1) is 0 Å². The summed E-state index contributed by atoms with van der Waals surface area (Å²) in [4.78, 5) is 6.77. The smallest absolute Gasteiger partial charge is 0.246 e. The lowest BCUT2D eigenvalue weighted by Gasteiger charge is -2.34. The second kappa shape index (κ2) is 5.83. The van der Waals surface area contributed by atoms with Crippen molar-refractivity contribution in [2.24, 2.45) is 0 Å². The summed E-state index contributed by atoms with van der Waals surface area (Å²) in [7, 11) is -1.82. The van der Waals surface area contributed by atoms with E-state index in [4.69, 9.17) is 0 Å². The summed E-state index contributed by atoms with van der Waals surface area (Å²) in [5, 5.41) is 2.86. The molecule has 1 aliphatic heterocycles. The molecule has 1 aromatic rings. The normalized spacial score (nSPS) is 21.4. The number of hydrogen-bond acceptors (Lipinski definition) is 5. The number of anilines is 1. The molecule has 1 saturated carbocycles. The van der Waals surface area contributed by atoms with Crippen LogP contribution in [0.2, 0.25) is 0 Å². The molecule has 21 heavy (non-hydrogen) atoms. The summed E-state index contributed by atoms with van der Waals surface area (Å²) in [5.41, 5.74) is 0. The Hall–Kier alpha value is -0.700. The van der Waals surface area contributed by atoms with Crippen molar-refractivity contribution in [3.63, 3.8) is 0 Å². The molecule has 116 valence electrons. The van der Waals surface area contributed by atoms with Gasteiger partial charge in [-0.2, -0.15) is 4.31 Å². The summed E-state index contributed by atoms with van der Waals surface area (Å²) in [5.74, 6) is 0.392. The van der Waals surface area contributed by atoms with Crippen molar-refractivity contribution in [3.8, 4) is 0 Å². The van der Waals surface area contributed by atoms with Gasteiger partial charge in [-0.25, -0.2) is 13.4 Å². The van der Waals surface area contributed by atoms with E-state index in [-0.39, 0.29) is 4.90 Å². The van der Waals surface area contributed by atoms with Gasteiger partial charge in [0.2, 0.25) is 10.0 Å². The molecule has 2 aliphatic rings. The Morgan fingerprint density at radius 2 is 1.95 bits per heavy atom. The average Bonchev–Trinajstić information content (AvgIpc) is 3.32. The minimum absolute atomic E-state index is 0.235. The molecular weight excluding hydrogens is 356 g/mol. The Labute approximate surface area is 133 Å². The molecule has 6 nitrogen and oxygen atoms in total. The molecule has 1 aliphatic carbocycles. The summed E-state index contributed by atoms with van der Waals surface area (Å²) in [6.07, 6.45) is 4.11.